The predicted molar refractivity (Wildman–Crippen MR) is 106 cm³/mol. The molecule has 1 atom stereocenters. The molecular formula is C23H26FNO3. The molecule has 0 aliphatic carbocycles. The van der Waals surface area contributed by atoms with Crippen LogP contribution in [0.3, 0.4) is 0 Å². The third-order valence-electron chi connectivity index (χ3n) is 4.39. The second kappa shape index (κ2) is 10.2. The molecule has 1 N–H and O–H groups in total. The zero-order valence-corrected chi connectivity index (χ0v) is 16.1. The minimum Gasteiger partial charge on any atom is -0.465 e. The van der Waals surface area contributed by atoms with E-state index in [9.17, 15) is 9.50 Å². The number of aryl methyl sites for hydroxylation is 1. The van der Waals surface area contributed by atoms with Crippen molar-refractivity contribution in [1.29, 1.82) is 0 Å². The lowest BCUT2D eigenvalue weighted by molar-refractivity contribution is 0.00610. The highest BCUT2D eigenvalue weighted by Crippen LogP contribution is 2.14. The predicted octanol–water partition coefficient (Wildman–Crippen LogP) is 4.31. The Morgan fingerprint density at radius 1 is 0.964 bits per heavy atom. The Bertz CT molecular complexity index is 833. The summed E-state index contributed by atoms with van der Waals surface area (Å²) in [4.78, 5) is 2.07. The maximum Gasteiger partial charge on any atom is 0.123 e. The van der Waals surface area contributed by atoms with Crippen LogP contribution in [0.4, 0.5) is 4.39 Å². The van der Waals surface area contributed by atoms with Gasteiger partial charge in [-0.05, 0) is 42.3 Å². The van der Waals surface area contributed by atoms with Gasteiger partial charge in [0, 0.05) is 13.1 Å². The van der Waals surface area contributed by atoms with E-state index in [1.807, 2.05) is 49.4 Å². The fourth-order valence-corrected chi connectivity index (χ4v) is 3.06. The SMILES string of the molecule is Cc1ccc(CN(Cc2ccc(F)cc2)CC(O)COCc2ccccc2)o1. The lowest BCUT2D eigenvalue weighted by Crippen LogP contribution is -2.34. The van der Waals surface area contributed by atoms with Crippen molar-refractivity contribution in [3.8, 4) is 0 Å². The minimum absolute atomic E-state index is 0.242. The van der Waals surface area contributed by atoms with Crippen molar-refractivity contribution >= 4 is 0 Å². The van der Waals surface area contributed by atoms with Crippen LogP contribution in [0.5, 0.6) is 0 Å². The second-order valence-corrected chi connectivity index (χ2v) is 6.96. The normalized spacial score (nSPS) is 12.4. The Labute approximate surface area is 165 Å². The molecule has 1 heterocycles. The van der Waals surface area contributed by atoms with Crippen molar-refractivity contribution in [1.82, 2.24) is 4.90 Å². The van der Waals surface area contributed by atoms with E-state index in [-0.39, 0.29) is 12.4 Å². The Morgan fingerprint density at radius 3 is 2.39 bits per heavy atom. The van der Waals surface area contributed by atoms with Crippen molar-refractivity contribution in [3.05, 3.63) is 95.2 Å². The molecule has 0 spiro atoms. The highest BCUT2D eigenvalue weighted by atomic mass is 19.1. The number of ether oxygens (including phenoxy) is 1. The van der Waals surface area contributed by atoms with Crippen LogP contribution in [0.2, 0.25) is 0 Å². The molecular weight excluding hydrogens is 357 g/mol. The summed E-state index contributed by atoms with van der Waals surface area (Å²) in [6, 6.07) is 20.1. The van der Waals surface area contributed by atoms with Crippen LogP contribution in [0, 0.1) is 12.7 Å². The van der Waals surface area contributed by atoms with E-state index in [4.69, 9.17) is 9.15 Å². The first kappa shape index (κ1) is 20.3. The number of aliphatic hydroxyl groups is 1. The number of hydrogen-bond acceptors (Lipinski definition) is 4. The van der Waals surface area contributed by atoms with Crippen molar-refractivity contribution in [2.45, 2.75) is 32.7 Å². The third-order valence-corrected chi connectivity index (χ3v) is 4.39. The van der Waals surface area contributed by atoms with Gasteiger partial charge in [-0.25, -0.2) is 4.39 Å². The molecule has 28 heavy (non-hydrogen) atoms. The molecule has 0 bridgehead atoms. The first-order valence-electron chi connectivity index (χ1n) is 9.40. The summed E-state index contributed by atoms with van der Waals surface area (Å²) in [5, 5.41) is 10.4. The molecule has 4 nitrogen and oxygen atoms in total. The minimum atomic E-state index is -0.639. The van der Waals surface area contributed by atoms with Crippen molar-refractivity contribution in [3.63, 3.8) is 0 Å². The van der Waals surface area contributed by atoms with Crippen LogP contribution in [0.15, 0.2) is 71.1 Å². The zero-order valence-electron chi connectivity index (χ0n) is 16.1. The summed E-state index contributed by atoms with van der Waals surface area (Å²) < 4.78 is 24.5. The summed E-state index contributed by atoms with van der Waals surface area (Å²) in [6.45, 7) is 4.17. The van der Waals surface area contributed by atoms with Crippen molar-refractivity contribution < 1.29 is 18.7 Å². The van der Waals surface area contributed by atoms with Crippen LogP contribution >= 0.6 is 0 Å². The smallest absolute Gasteiger partial charge is 0.123 e. The van der Waals surface area contributed by atoms with Gasteiger partial charge in [-0.15, -0.1) is 0 Å². The maximum atomic E-state index is 13.2. The van der Waals surface area contributed by atoms with Crippen LogP contribution in [-0.4, -0.2) is 29.3 Å². The highest BCUT2D eigenvalue weighted by Gasteiger charge is 2.15. The first-order chi connectivity index (χ1) is 13.6. The van der Waals surface area contributed by atoms with Crippen LogP contribution in [-0.2, 0) is 24.4 Å². The molecule has 0 amide bonds. The number of nitrogens with zero attached hydrogens (tertiary/aromatic N) is 1. The lowest BCUT2D eigenvalue weighted by atomic mass is 10.2. The van der Waals surface area contributed by atoms with Gasteiger partial charge < -0.3 is 14.3 Å². The Kier molecular flexibility index (Phi) is 7.37. The van der Waals surface area contributed by atoms with Crippen molar-refractivity contribution in [2.75, 3.05) is 13.2 Å². The van der Waals surface area contributed by atoms with Gasteiger partial charge in [0.1, 0.15) is 17.3 Å². The van der Waals surface area contributed by atoms with Gasteiger partial charge >= 0.3 is 0 Å². The number of rotatable bonds is 10. The lowest BCUT2D eigenvalue weighted by Gasteiger charge is -2.24. The Balaban J connectivity index is 1.56. The highest BCUT2D eigenvalue weighted by molar-refractivity contribution is 5.16. The molecule has 0 aliphatic rings. The molecule has 148 valence electrons. The number of hydrogen-bond donors (Lipinski definition) is 1. The summed E-state index contributed by atoms with van der Waals surface area (Å²) in [7, 11) is 0. The number of furan rings is 1. The molecule has 2 aromatic carbocycles. The van der Waals surface area contributed by atoms with E-state index in [1.165, 1.54) is 12.1 Å². The molecule has 1 aromatic heterocycles. The van der Waals surface area contributed by atoms with Crippen LogP contribution in [0.25, 0.3) is 0 Å². The monoisotopic (exact) mass is 383 g/mol. The molecule has 0 radical (unpaired) electrons. The summed E-state index contributed by atoms with van der Waals surface area (Å²) >= 11 is 0. The molecule has 0 fully saturated rings. The number of aliphatic hydroxyl groups excluding tert-OH is 1. The average molecular weight is 383 g/mol. The molecule has 0 saturated carbocycles. The first-order valence-corrected chi connectivity index (χ1v) is 9.40. The quantitative estimate of drug-likeness (QED) is 0.567. The van der Waals surface area contributed by atoms with E-state index in [0.29, 0.717) is 26.2 Å². The van der Waals surface area contributed by atoms with Gasteiger partial charge in [-0.3, -0.25) is 4.90 Å². The van der Waals surface area contributed by atoms with Gasteiger partial charge in [0.25, 0.3) is 0 Å². The molecule has 3 aromatic rings. The number of benzene rings is 2. The third kappa shape index (κ3) is 6.60. The van der Waals surface area contributed by atoms with Gasteiger partial charge in [0.05, 0.1) is 25.9 Å². The van der Waals surface area contributed by atoms with Gasteiger partial charge in [0.15, 0.2) is 0 Å². The van der Waals surface area contributed by atoms with E-state index < -0.39 is 6.10 Å². The summed E-state index contributed by atoms with van der Waals surface area (Å²) in [6.07, 6.45) is -0.639. The molecule has 0 aliphatic heterocycles. The fraction of sp³-hybridized carbons (Fsp3) is 0.304. The van der Waals surface area contributed by atoms with E-state index >= 15 is 0 Å². The largest absolute Gasteiger partial charge is 0.465 e. The summed E-state index contributed by atoms with van der Waals surface area (Å²) in [5.74, 6) is 1.42. The molecule has 3 rings (SSSR count). The van der Waals surface area contributed by atoms with E-state index in [2.05, 4.69) is 4.90 Å². The Hall–Kier alpha value is -2.47. The molecule has 0 saturated heterocycles. The van der Waals surface area contributed by atoms with Gasteiger partial charge in [-0.1, -0.05) is 42.5 Å². The Morgan fingerprint density at radius 2 is 1.71 bits per heavy atom. The number of halogens is 1. The van der Waals surface area contributed by atoms with E-state index in [0.717, 1.165) is 22.6 Å². The van der Waals surface area contributed by atoms with Crippen LogP contribution in [0.1, 0.15) is 22.6 Å². The standard InChI is InChI=1S/C23H26FNO3/c1-18-7-12-23(28-18)15-25(13-19-8-10-21(24)11-9-19)14-22(26)17-27-16-20-5-3-2-4-6-20/h2-12,22,26H,13-17H2,1H3. The summed E-state index contributed by atoms with van der Waals surface area (Å²) in [5.41, 5.74) is 2.05. The fourth-order valence-electron chi connectivity index (χ4n) is 3.06. The molecule has 1 unspecified atom stereocenters. The maximum absolute atomic E-state index is 13.2. The van der Waals surface area contributed by atoms with Gasteiger partial charge in [-0.2, -0.15) is 0 Å². The zero-order chi connectivity index (χ0) is 19.8. The topological polar surface area (TPSA) is 45.8 Å². The van der Waals surface area contributed by atoms with Gasteiger partial charge in [0.2, 0.25) is 0 Å². The average Bonchev–Trinajstić information content (AvgIpc) is 3.09. The van der Waals surface area contributed by atoms with Crippen molar-refractivity contribution in [2.24, 2.45) is 0 Å². The van der Waals surface area contributed by atoms with E-state index in [1.54, 1.807) is 12.1 Å². The van der Waals surface area contributed by atoms with Crippen LogP contribution < -0.4 is 0 Å². The second-order valence-electron chi connectivity index (χ2n) is 6.96. The molecule has 5 heteroatoms.